The molecule has 0 radical (unpaired) electrons. The highest BCUT2D eigenvalue weighted by atomic mass is 35.5. The minimum atomic E-state index is -0.244. The van der Waals surface area contributed by atoms with Gasteiger partial charge in [0.05, 0.1) is 11.7 Å². The summed E-state index contributed by atoms with van der Waals surface area (Å²) >= 11 is 6.17. The van der Waals surface area contributed by atoms with Crippen molar-refractivity contribution in [3.8, 4) is 5.75 Å². The van der Waals surface area contributed by atoms with Crippen LogP contribution in [-0.4, -0.2) is 28.0 Å². The van der Waals surface area contributed by atoms with Gasteiger partial charge in [-0.25, -0.2) is 0 Å². The number of aromatic nitrogens is 2. The summed E-state index contributed by atoms with van der Waals surface area (Å²) in [6.07, 6.45) is 1.70. The number of aryl methyl sites for hydroxylation is 2. The number of hydrogen-bond donors (Lipinski definition) is 0. The zero-order valence-electron chi connectivity index (χ0n) is 16.3. The van der Waals surface area contributed by atoms with Crippen LogP contribution in [-0.2, 0) is 6.61 Å². The molecule has 3 rings (SSSR count). The van der Waals surface area contributed by atoms with Crippen LogP contribution < -0.4 is 4.74 Å². The van der Waals surface area contributed by atoms with Crippen molar-refractivity contribution in [1.82, 2.24) is 15.0 Å². The summed E-state index contributed by atoms with van der Waals surface area (Å²) in [4.78, 5) is 18.6. The first-order valence-corrected chi connectivity index (χ1v) is 9.28. The SMILES string of the molecule is Cc1cc(OCc2cc(C(=O)N(C)[C@H](C)c3ccccn3)no2)cc(C)c1Cl. The number of hydrogen-bond acceptors (Lipinski definition) is 5. The van der Waals surface area contributed by atoms with E-state index in [0.29, 0.717) is 11.5 Å². The quantitative estimate of drug-likeness (QED) is 0.598. The Hall–Kier alpha value is -2.86. The molecule has 0 aliphatic heterocycles. The van der Waals surface area contributed by atoms with Gasteiger partial charge in [-0.15, -0.1) is 0 Å². The second-order valence-corrected chi connectivity index (χ2v) is 7.06. The molecular weight excluding hydrogens is 378 g/mol. The standard InChI is InChI=1S/C21H22ClN3O3/c1-13-9-16(10-14(2)20(13)22)27-12-17-11-19(24-28-17)21(26)25(4)15(3)18-7-5-6-8-23-18/h5-11,15H,12H2,1-4H3/t15-/m1/s1. The number of carbonyl (C=O) groups excluding carboxylic acids is 1. The Morgan fingerprint density at radius 2 is 1.96 bits per heavy atom. The lowest BCUT2D eigenvalue weighted by Gasteiger charge is -2.23. The van der Waals surface area contributed by atoms with Crippen LogP contribution in [0.1, 0.15) is 46.0 Å². The normalized spacial score (nSPS) is 11.9. The molecule has 1 aromatic carbocycles. The molecule has 7 heteroatoms. The van der Waals surface area contributed by atoms with Crippen molar-refractivity contribution < 1.29 is 14.1 Å². The molecule has 0 saturated carbocycles. The van der Waals surface area contributed by atoms with Gasteiger partial charge in [-0.1, -0.05) is 22.8 Å². The summed E-state index contributed by atoms with van der Waals surface area (Å²) in [5.41, 5.74) is 2.91. The maximum Gasteiger partial charge on any atom is 0.276 e. The monoisotopic (exact) mass is 399 g/mol. The number of pyridine rings is 1. The molecule has 2 aromatic heterocycles. The van der Waals surface area contributed by atoms with Gasteiger partial charge in [0.15, 0.2) is 11.5 Å². The maximum absolute atomic E-state index is 12.7. The van der Waals surface area contributed by atoms with Crippen LogP contribution in [0.3, 0.4) is 0 Å². The Morgan fingerprint density at radius 1 is 1.25 bits per heavy atom. The Labute approximate surface area is 169 Å². The highest BCUT2D eigenvalue weighted by Gasteiger charge is 2.23. The highest BCUT2D eigenvalue weighted by Crippen LogP contribution is 2.26. The summed E-state index contributed by atoms with van der Waals surface area (Å²) in [5.74, 6) is 0.906. The summed E-state index contributed by atoms with van der Waals surface area (Å²) < 4.78 is 11.0. The third-order valence-electron chi connectivity index (χ3n) is 4.59. The second kappa shape index (κ2) is 8.44. The van der Waals surface area contributed by atoms with Gasteiger partial charge in [-0.05, 0) is 56.2 Å². The fourth-order valence-electron chi connectivity index (χ4n) is 2.80. The molecule has 0 unspecified atom stereocenters. The average molecular weight is 400 g/mol. The second-order valence-electron chi connectivity index (χ2n) is 6.68. The minimum absolute atomic E-state index is 0.167. The van der Waals surface area contributed by atoms with E-state index in [1.54, 1.807) is 24.2 Å². The summed E-state index contributed by atoms with van der Waals surface area (Å²) in [5, 5.41) is 4.61. The van der Waals surface area contributed by atoms with Gasteiger partial charge in [-0.3, -0.25) is 9.78 Å². The number of carbonyl (C=O) groups is 1. The predicted molar refractivity (Wildman–Crippen MR) is 107 cm³/mol. The molecule has 6 nitrogen and oxygen atoms in total. The zero-order chi connectivity index (χ0) is 20.3. The Bertz CT molecular complexity index is 949. The smallest absolute Gasteiger partial charge is 0.276 e. The van der Waals surface area contributed by atoms with Crippen molar-refractivity contribution in [3.63, 3.8) is 0 Å². The van der Waals surface area contributed by atoms with Gasteiger partial charge in [0.1, 0.15) is 12.4 Å². The van der Waals surface area contributed by atoms with Crippen molar-refractivity contribution in [2.45, 2.75) is 33.4 Å². The largest absolute Gasteiger partial charge is 0.486 e. The van der Waals surface area contributed by atoms with Crippen LogP contribution in [0.5, 0.6) is 5.75 Å². The number of benzene rings is 1. The summed E-state index contributed by atoms with van der Waals surface area (Å²) in [6.45, 7) is 5.92. The van der Waals surface area contributed by atoms with Gasteiger partial charge in [-0.2, -0.15) is 0 Å². The van der Waals surface area contributed by atoms with E-state index in [0.717, 1.165) is 21.8 Å². The van der Waals surface area contributed by atoms with Crippen LogP contribution in [0.25, 0.3) is 0 Å². The third kappa shape index (κ3) is 4.34. The van der Waals surface area contributed by atoms with Crippen LogP contribution >= 0.6 is 11.6 Å². The van der Waals surface area contributed by atoms with E-state index in [-0.39, 0.29) is 24.2 Å². The first-order valence-electron chi connectivity index (χ1n) is 8.90. The van der Waals surface area contributed by atoms with E-state index in [2.05, 4.69) is 10.1 Å². The van der Waals surface area contributed by atoms with Gasteiger partial charge in [0.25, 0.3) is 5.91 Å². The van der Waals surface area contributed by atoms with E-state index < -0.39 is 0 Å². The Balaban J connectivity index is 1.65. The molecule has 0 N–H and O–H groups in total. The molecule has 0 bridgehead atoms. The van der Waals surface area contributed by atoms with Gasteiger partial charge in [0.2, 0.25) is 0 Å². The van der Waals surface area contributed by atoms with Gasteiger partial charge >= 0.3 is 0 Å². The lowest BCUT2D eigenvalue weighted by Crippen LogP contribution is -2.30. The minimum Gasteiger partial charge on any atom is -0.486 e. The van der Waals surface area contributed by atoms with Crippen molar-refractivity contribution in [2.24, 2.45) is 0 Å². The molecule has 0 aliphatic rings. The Morgan fingerprint density at radius 3 is 2.61 bits per heavy atom. The van der Waals surface area contributed by atoms with Crippen molar-refractivity contribution in [2.75, 3.05) is 7.05 Å². The van der Waals surface area contributed by atoms with Crippen LogP contribution in [0, 0.1) is 13.8 Å². The van der Waals surface area contributed by atoms with Crippen molar-refractivity contribution in [3.05, 3.63) is 75.9 Å². The predicted octanol–water partition coefficient (Wildman–Crippen LogP) is 4.75. The average Bonchev–Trinajstić information content (AvgIpc) is 3.18. The number of nitrogens with zero attached hydrogens (tertiary/aromatic N) is 3. The lowest BCUT2D eigenvalue weighted by molar-refractivity contribution is 0.0729. The number of amides is 1. The van der Waals surface area contributed by atoms with Crippen LogP contribution in [0.15, 0.2) is 47.1 Å². The highest BCUT2D eigenvalue weighted by molar-refractivity contribution is 6.32. The summed E-state index contributed by atoms with van der Waals surface area (Å²) in [7, 11) is 1.71. The lowest BCUT2D eigenvalue weighted by atomic mass is 10.1. The van der Waals surface area contributed by atoms with E-state index in [9.17, 15) is 4.79 Å². The molecule has 2 heterocycles. The van der Waals surface area contributed by atoms with E-state index >= 15 is 0 Å². The van der Waals surface area contributed by atoms with Crippen molar-refractivity contribution in [1.29, 1.82) is 0 Å². The van der Waals surface area contributed by atoms with Crippen molar-refractivity contribution >= 4 is 17.5 Å². The molecule has 0 aliphatic carbocycles. The third-order valence-corrected chi connectivity index (χ3v) is 5.18. The van der Waals surface area contributed by atoms with E-state index in [1.165, 1.54) is 0 Å². The maximum atomic E-state index is 12.7. The fourth-order valence-corrected chi connectivity index (χ4v) is 2.91. The fraction of sp³-hybridized carbons (Fsp3) is 0.286. The summed E-state index contributed by atoms with van der Waals surface area (Å²) in [6, 6.07) is 10.7. The molecule has 0 spiro atoms. The number of rotatable bonds is 6. The van der Waals surface area contributed by atoms with Gasteiger partial charge in [0, 0.05) is 24.3 Å². The first kappa shape index (κ1) is 19.9. The topological polar surface area (TPSA) is 68.5 Å². The van der Waals surface area contributed by atoms with E-state index in [1.807, 2.05) is 51.1 Å². The number of halogens is 1. The molecular formula is C21H22ClN3O3. The molecule has 28 heavy (non-hydrogen) atoms. The zero-order valence-corrected chi connectivity index (χ0v) is 17.0. The molecule has 1 atom stereocenters. The molecule has 146 valence electrons. The molecule has 0 saturated heterocycles. The first-order chi connectivity index (χ1) is 13.4. The van der Waals surface area contributed by atoms with Gasteiger partial charge < -0.3 is 14.2 Å². The number of ether oxygens (including phenoxy) is 1. The van der Waals surface area contributed by atoms with Crippen LogP contribution in [0.4, 0.5) is 0 Å². The van der Waals surface area contributed by atoms with Crippen LogP contribution in [0.2, 0.25) is 5.02 Å². The Kier molecular flexibility index (Phi) is 5.99. The molecule has 3 aromatic rings. The molecule has 0 fully saturated rings. The van der Waals surface area contributed by atoms with E-state index in [4.69, 9.17) is 20.9 Å². The molecule has 1 amide bonds.